The Hall–Kier alpha value is -4.10. The van der Waals surface area contributed by atoms with Gasteiger partial charge >= 0.3 is 0 Å². The van der Waals surface area contributed by atoms with Gasteiger partial charge in [0.15, 0.2) is 0 Å². The summed E-state index contributed by atoms with van der Waals surface area (Å²) in [7, 11) is -2.53. The van der Waals surface area contributed by atoms with Gasteiger partial charge in [0.25, 0.3) is 15.9 Å². The molecule has 0 radical (unpaired) electrons. The van der Waals surface area contributed by atoms with Crippen molar-refractivity contribution in [3.8, 4) is 5.75 Å². The van der Waals surface area contributed by atoms with Crippen LogP contribution in [0.4, 0.5) is 5.69 Å². The van der Waals surface area contributed by atoms with Crippen LogP contribution in [0.15, 0.2) is 108 Å². The summed E-state index contributed by atoms with van der Waals surface area (Å²) in [5.74, 6) is 0.146. The van der Waals surface area contributed by atoms with Crippen LogP contribution in [0.3, 0.4) is 0 Å². The lowest BCUT2D eigenvalue weighted by atomic mass is 9.87. The van der Waals surface area contributed by atoms with E-state index in [4.69, 9.17) is 4.74 Å². The standard InChI is InChI=1S/C31H30N2O4S/c1-37-30-20-8-7-19-29(30)33(22-23-11-3-2-4-12-23)38(35,36)26-16-9-15-25(21-26)31(34)32-28-18-10-14-24-13-5-6-17-27(24)28/h2-9,11-13,15-17,19-21,28H,10,14,18,22H2,1H3,(H,32,34)/t28-/m1/s1. The predicted octanol–water partition coefficient (Wildman–Crippen LogP) is 5.90. The lowest BCUT2D eigenvalue weighted by Gasteiger charge is -2.27. The number of benzene rings is 4. The Morgan fingerprint density at radius 1 is 0.921 bits per heavy atom. The third-order valence-electron chi connectivity index (χ3n) is 6.88. The molecule has 0 aliphatic heterocycles. The summed E-state index contributed by atoms with van der Waals surface area (Å²) >= 11 is 0. The number of carbonyl (C=O) groups is 1. The first kappa shape index (κ1) is 25.5. The number of methoxy groups -OCH3 is 1. The molecular formula is C31H30N2O4S. The zero-order valence-corrected chi connectivity index (χ0v) is 22.0. The molecule has 7 heteroatoms. The van der Waals surface area contributed by atoms with Gasteiger partial charge in [-0.15, -0.1) is 0 Å². The first-order valence-electron chi connectivity index (χ1n) is 12.7. The van der Waals surface area contributed by atoms with Gasteiger partial charge in [-0.25, -0.2) is 8.42 Å². The van der Waals surface area contributed by atoms with Crippen molar-refractivity contribution in [3.63, 3.8) is 0 Å². The van der Waals surface area contributed by atoms with E-state index in [1.165, 1.54) is 29.1 Å². The van der Waals surface area contributed by atoms with E-state index in [1.54, 1.807) is 36.4 Å². The zero-order chi connectivity index (χ0) is 26.5. The van der Waals surface area contributed by atoms with Crippen molar-refractivity contribution in [2.24, 2.45) is 0 Å². The van der Waals surface area contributed by atoms with Crippen LogP contribution in [0.2, 0.25) is 0 Å². The number of aryl methyl sites for hydroxylation is 1. The van der Waals surface area contributed by atoms with Crippen molar-refractivity contribution in [2.75, 3.05) is 11.4 Å². The van der Waals surface area contributed by atoms with Crippen LogP contribution >= 0.6 is 0 Å². The molecule has 0 heterocycles. The number of nitrogens with zero attached hydrogens (tertiary/aromatic N) is 1. The minimum absolute atomic E-state index is 0.0380. The van der Waals surface area contributed by atoms with Gasteiger partial charge in [-0.2, -0.15) is 0 Å². The zero-order valence-electron chi connectivity index (χ0n) is 21.2. The number of hydrogen-bond acceptors (Lipinski definition) is 4. The summed E-state index contributed by atoms with van der Waals surface area (Å²) in [4.78, 5) is 13.3. The van der Waals surface area contributed by atoms with Gasteiger partial charge in [0.05, 0.1) is 30.3 Å². The number of para-hydroxylation sites is 2. The number of hydrogen-bond donors (Lipinski definition) is 1. The monoisotopic (exact) mass is 526 g/mol. The van der Waals surface area contributed by atoms with Gasteiger partial charge in [0.1, 0.15) is 5.75 Å². The average Bonchev–Trinajstić information content (AvgIpc) is 2.96. The Kier molecular flexibility index (Phi) is 7.47. The fraction of sp³-hybridized carbons (Fsp3) is 0.194. The molecule has 0 bridgehead atoms. The molecule has 1 aliphatic rings. The highest BCUT2D eigenvalue weighted by molar-refractivity contribution is 7.92. The van der Waals surface area contributed by atoms with Crippen molar-refractivity contribution >= 4 is 21.6 Å². The maximum atomic E-state index is 14.1. The van der Waals surface area contributed by atoms with Crippen molar-refractivity contribution in [1.82, 2.24) is 5.32 Å². The summed E-state index contributed by atoms with van der Waals surface area (Å²) in [5.41, 5.74) is 3.92. The molecule has 0 aromatic heterocycles. The fourth-order valence-electron chi connectivity index (χ4n) is 4.96. The molecular weight excluding hydrogens is 496 g/mol. The Labute approximate surface area is 223 Å². The average molecular weight is 527 g/mol. The molecule has 0 spiro atoms. The van der Waals surface area contributed by atoms with Crippen molar-refractivity contribution < 1.29 is 17.9 Å². The normalized spacial score (nSPS) is 14.8. The summed E-state index contributed by atoms with van der Waals surface area (Å²) in [6.07, 6.45) is 2.83. The molecule has 0 unspecified atom stereocenters. The molecule has 1 atom stereocenters. The highest BCUT2D eigenvalue weighted by Crippen LogP contribution is 2.34. The van der Waals surface area contributed by atoms with Gasteiger partial charge < -0.3 is 10.1 Å². The first-order chi connectivity index (χ1) is 18.5. The van der Waals surface area contributed by atoms with Crippen LogP contribution in [-0.2, 0) is 23.0 Å². The highest BCUT2D eigenvalue weighted by atomic mass is 32.2. The topological polar surface area (TPSA) is 75.7 Å². The van der Waals surface area contributed by atoms with E-state index >= 15 is 0 Å². The minimum atomic E-state index is -4.05. The molecule has 0 saturated heterocycles. The number of sulfonamides is 1. The van der Waals surface area contributed by atoms with Crippen LogP contribution in [0.5, 0.6) is 5.75 Å². The third kappa shape index (κ3) is 5.29. The molecule has 1 N–H and O–H groups in total. The van der Waals surface area contributed by atoms with Crippen molar-refractivity contribution in [2.45, 2.75) is 36.7 Å². The van der Waals surface area contributed by atoms with E-state index in [9.17, 15) is 13.2 Å². The number of amides is 1. The third-order valence-corrected chi connectivity index (χ3v) is 8.64. The first-order valence-corrected chi connectivity index (χ1v) is 14.1. The second kappa shape index (κ2) is 11.1. The van der Waals surface area contributed by atoms with E-state index in [-0.39, 0.29) is 23.4 Å². The van der Waals surface area contributed by atoms with Gasteiger partial charge in [-0.1, -0.05) is 72.8 Å². The van der Waals surface area contributed by atoms with Crippen molar-refractivity contribution in [3.05, 3.63) is 125 Å². The number of ether oxygens (including phenoxy) is 1. The van der Waals surface area contributed by atoms with Crippen molar-refractivity contribution in [1.29, 1.82) is 0 Å². The Bertz CT molecular complexity index is 1540. The molecule has 194 valence electrons. The molecule has 6 nitrogen and oxygen atoms in total. The molecule has 4 aromatic carbocycles. The largest absolute Gasteiger partial charge is 0.495 e. The van der Waals surface area contributed by atoms with Gasteiger partial charge in [0.2, 0.25) is 0 Å². The van der Waals surface area contributed by atoms with E-state index in [0.717, 1.165) is 30.4 Å². The molecule has 38 heavy (non-hydrogen) atoms. The Balaban J connectivity index is 1.47. The van der Waals surface area contributed by atoms with Crippen LogP contribution in [-0.4, -0.2) is 21.4 Å². The lowest BCUT2D eigenvalue weighted by molar-refractivity contribution is 0.0932. The maximum absolute atomic E-state index is 14.1. The van der Waals surface area contributed by atoms with Gasteiger partial charge in [-0.05, 0) is 66.3 Å². The molecule has 5 rings (SSSR count). The number of nitrogens with one attached hydrogen (secondary N) is 1. The minimum Gasteiger partial charge on any atom is -0.495 e. The smallest absolute Gasteiger partial charge is 0.264 e. The molecule has 0 saturated carbocycles. The van der Waals surface area contributed by atoms with Crippen LogP contribution in [0, 0.1) is 0 Å². The summed E-state index contributed by atoms with van der Waals surface area (Å²) in [6, 6.07) is 30.7. The van der Waals surface area contributed by atoms with E-state index in [0.29, 0.717) is 17.0 Å². The lowest BCUT2D eigenvalue weighted by Crippen LogP contribution is -2.32. The molecule has 0 fully saturated rings. The Morgan fingerprint density at radius 3 is 2.47 bits per heavy atom. The quantitative estimate of drug-likeness (QED) is 0.310. The predicted molar refractivity (Wildman–Crippen MR) is 149 cm³/mol. The van der Waals surface area contributed by atoms with Gasteiger partial charge in [-0.3, -0.25) is 9.10 Å². The summed E-state index contributed by atoms with van der Waals surface area (Å²) in [5, 5.41) is 3.12. The number of rotatable bonds is 8. The van der Waals surface area contributed by atoms with E-state index in [1.807, 2.05) is 42.5 Å². The van der Waals surface area contributed by atoms with Gasteiger partial charge in [0, 0.05) is 5.56 Å². The molecule has 1 amide bonds. The van der Waals surface area contributed by atoms with Crippen LogP contribution < -0.4 is 14.4 Å². The molecule has 4 aromatic rings. The van der Waals surface area contributed by atoms with Crippen LogP contribution in [0.25, 0.3) is 0 Å². The Morgan fingerprint density at radius 2 is 1.66 bits per heavy atom. The second-order valence-corrected chi connectivity index (χ2v) is 11.2. The van der Waals surface area contributed by atoms with Crippen LogP contribution in [0.1, 0.15) is 45.9 Å². The second-order valence-electron chi connectivity index (χ2n) is 9.31. The fourth-order valence-corrected chi connectivity index (χ4v) is 6.46. The molecule has 1 aliphatic carbocycles. The highest BCUT2D eigenvalue weighted by Gasteiger charge is 2.29. The number of carbonyl (C=O) groups excluding carboxylic acids is 1. The summed E-state index contributed by atoms with van der Waals surface area (Å²) < 4.78 is 35.0. The SMILES string of the molecule is COc1ccccc1N(Cc1ccccc1)S(=O)(=O)c1cccc(C(=O)N[C@@H]2CCCc3ccccc32)c1. The summed E-state index contributed by atoms with van der Waals surface area (Å²) in [6.45, 7) is 0.110. The maximum Gasteiger partial charge on any atom is 0.264 e. The van der Waals surface area contributed by atoms with E-state index < -0.39 is 10.0 Å². The number of fused-ring (bicyclic) bond motifs is 1. The number of anilines is 1. The van der Waals surface area contributed by atoms with E-state index in [2.05, 4.69) is 17.4 Å².